The standard InChI is InChI=1S/C22H22FN9O.C2H6/c23-19-12-18(4-7-25-19)31-8-10-32(11-9-31)22-28-14-17(15-29-22)30-21(33)16-2-3-20(27-13-16)26-6-1-5-24;1-2/h1-7,12-15H,8-11,24H2,(H,30,33);1-2H3/b5-1-,26-6?;. The van der Waals surface area contributed by atoms with E-state index in [4.69, 9.17) is 5.73 Å². The van der Waals surface area contributed by atoms with Gasteiger partial charge in [-0.1, -0.05) is 13.8 Å². The van der Waals surface area contributed by atoms with E-state index in [1.807, 2.05) is 18.7 Å². The molecule has 0 unspecified atom stereocenters. The number of aliphatic imine (C=N–C) groups is 1. The number of allylic oxidation sites excluding steroid dienone is 1. The quantitative estimate of drug-likeness (QED) is 0.410. The largest absolute Gasteiger partial charge is 0.405 e. The van der Waals surface area contributed by atoms with E-state index in [2.05, 4.69) is 35.1 Å². The second-order valence-corrected chi connectivity index (χ2v) is 7.10. The number of amides is 1. The number of pyridine rings is 2. The SMILES string of the molecule is CC.N/C=C\C=Nc1ccc(C(=O)Nc2cnc(N3CCN(c4ccnc(F)c4)CC3)nc2)cn1. The van der Waals surface area contributed by atoms with Gasteiger partial charge in [-0.3, -0.25) is 4.79 Å². The first-order chi connectivity index (χ1) is 17.1. The second kappa shape index (κ2) is 12.7. The molecule has 0 saturated carbocycles. The van der Waals surface area contributed by atoms with Gasteiger partial charge in [-0.25, -0.2) is 24.9 Å². The zero-order valence-corrected chi connectivity index (χ0v) is 19.7. The van der Waals surface area contributed by atoms with Gasteiger partial charge in [0.15, 0.2) is 5.82 Å². The fraction of sp³-hybridized carbons (Fsp3) is 0.250. The van der Waals surface area contributed by atoms with Crippen LogP contribution in [0.4, 0.5) is 27.5 Å². The lowest BCUT2D eigenvalue weighted by Gasteiger charge is -2.36. The number of carbonyl (C=O) groups excluding carboxylic acids is 1. The number of nitrogens with zero attached hydrogens (tertiary/aromatic N) is 7. The third-order valence-electron chi connectivity index (χ3n) is 4.95. The Hall–Kier alpha value is -4.41. The average molecular weight is 478 g/mol. The van der Waals surface area contributed by atoms with Gasteiger partial charge < -0.3 is 20.9 Å². The van der Waals surface area contributed by atoms with Gasteiger partial charge in [-0.15, -0.1) is 0 Å². The molecule has 10 nitrogen and oxygen atoms in total. The lowest BCUT2D eigenvalue weighted by Crippen LogP contribution is -2.47. The summed E-state index contributed by atoms with van der Waals surface area (Å²) in [4.78, 5) is 37.1. The molecule has 1 fully saturated rings. The van der Waals surface area contributed by atoms with Crippen molar-refractivity contribution in [1.29, 1.82) is 0 Å². The number of halogens is 1. The van der Waals surface area contributed by atoms with Gasteiger partial charge in [0.2, 0.25) is 11.9 Å². The summed E-state index contributed by atoms with van der Waals surface area (Å²) in [5.74, 6) is 0.223. The number of carbonyl (C=O) groups is 1. The predicted octanol–water partition coefficient (Wildman–Crippen LogP) is 3.19. The van der Waals surface area contributed by atoms with Crippen LogP contribution in [0.5, 0.6) is 0 Å². The Bertz CT molecular complexity index is 1140. The molecule has 0 bridgehead atoms. The molecular weight excluding hydrogens is 449 g/mol. The summed E-state index contributed by atoms with van der Waals surface area (Å²) in [7, 11) is 0. The zero-order chi connectivity index (χ0) is 25.0. The van der Waals surface area contributed by atoms with Gasteiger partial charge >= 0.3 is 0 Å². The molecule has 1 aliphatic heterocycles. The molecule has 182 valence electrons. The van der Waals surface area contributed by atoms with E-state index < -0.39 is 5.95 Å². The molecule has 3 aromatic rings. The Kier molecular flexibility index (Phi) is 9.17. The monoisotopic (exact) mass is 477 g/mol. The molecule has 35 heavy (non-hydrogen) atoms. The highest BCUT2D eigenvalue weighted by molar-refractivity contribution is 6.04. The first-order valence-corrected chi connectivity index (χ1v) is 11.2. The van der Waals surface area contributed by atoms with E-state index in [0.717, 1.165) is 5.69 Å². The lowest BCUT2D eigenvalue weighted by molar-refractivity contribution is 0.102. The van der Waals surface area contributed by atoms with Crippen LogP contribution in [-0.2, 0) is 0 Å². The third kappa shape index (κ3) is 7.03. The minimum Gasteiger partial charge on any atom is -0.405 e. The van der Waals surface area contributed by atoms with Gasteiger partial charge in [0.05, 0.1) is 23.6 Å². The fourth-order valence-corrected chi connectivity index (χ4v) is 3.27. The maximum atomic E-state index is 13.4. The number of nitrogens with two attached hydrogens (primary N) is 1. The first kappa shape index (κ1) is 25.2. The van der Waals surface area contributed by atoms with Crippen LogP contribution in [0.2, 0.25) is 0 Å². The molecule has 1 amide bonds. The van der Waals surface area contributed by atoms with E-state index in [-0.39, 0.29) is 5.91 Å². The van der Waals surface area contributed by atoms with E-state index in [1.165, 1.54) is 30.9 Å². The normalized spacial score (nSPS) is 13.6. The summed E-state index contributed by atoms with van der Waals surface area (Å²) in [6, 6.07) is 6.49. The number of hydrogen-bond donors (Lipinski definition) is 2. The number of nitrogens with one attached hydrogen (secondary N) is 1. The molecule has 11 heteroatoms. The minimum atomic E-state index is -0.490. The van der Waals surface area contributed by atoms with E-state index in [0.29, 0.717) is 49.2 Å². The van der Waals surface area contributed by atoms with Gasteiger partial charge in [-0.05, 0) is 30.5 Å². The van der Waals surface area contributed by atoms with Crippen molar-refractivity contribution in [2.75, 3.05) is 41.3 Å². The van der Waals surface area contributed by atoms with Gasteiger partial charge in [-0.2, -0.15) is 4.39 Å². The molecule has 3 N–H and O–H groups in total. The number of aromatic nitrogens is 4. The maximum absolute atomic E-state index is 13.4. The van der Waals surface area contributed by atoms with Gasteiger partial charge in [0.1, 0.15) is 0 Å². The molecular formula is C24H28FN9O. The summed E-state index contributed by atoms with van der Waals surface area (Å²) < 4.78 is 13.4. The maximum Gasteiger partial charge on any atom is 0.257 e. The molecule has 0 spiro atoms. The summed E-state index contributed by atoms with van der Waals surface area (Å²) in [5.41, 5.74) is 6.91. The van der Waals surface area contributed by atoms with Gasteiger partial charge in [0, 0.05) is 56.5 Å². The molecule has 0 aliphatic carbocycles. The highest BCUT2D eigenvalue weighted by Crippen LogP contribution is 2.19. The summed E-state index contributed by atoms with van der Waals surface area (Å²) in [6.45, 7) is 6.80. The Morgan fingerprint density at radius 1 is 1.03 bits per heavy atom. The Morgan fingerprint density at radius 2 is 1.74 bits per heavy atom. The predicted molar refractivity (Wildman–Crippen MR) is 136 cm³/mol. The summed E-state index contributed by atoms with van der Waals surface area (Å²) in [6.07, 6.45) is 10.5. The van der Waals surface area contributed by atoms with Crippen molar-refractivity contribution in [3.8, 4) is 0 Å². The van der Waals surface area contributed by atoms with Crippen LogP contribution in [0.15, 0.2) is 66.3 Å². The van der Waals surface area contributed by atoms with Crippen LogP contribution in [0.25, 0.3) is 0 Å². The van der Waals surface area contributed by atoms with Crippen LogP contribution in [-0.4, -0.2) is 58.2 Å². The zero-order valence-electron chi connectivity index (χ0n) is 19.7. The molecule has 0 atom stereocenters. The molecule has 1 saturated heterocycles. The van der Waals surface area contributed by atoms with Crippen molar-refractivity contribution < 1.29 is 9.18 Å². The summed E-state index contributed by atoms with van der Waals surface area (Å²) in [5, 5.41) is 2.76. The fourth-order valence-electron chi connectivity index (χ4n) is 3.27. The second-order valence-electron chi connectivity index (χ2n) is 7.10. The van der Waals surface area contributed by atoms with Crippen molar-refractivity contribution in [2.45, 2.75) is 13.8 Å². The van der Waals surface area contributed by atoms with E-state index in [1.54, 1.807) is 36.7 Å². The average Bonchev–Trinajstić information content (AvgIpc) is 2.91. The van der Waals surface area contributed by atoms with E-state index >= 15 is 0 Å². The molecule has 3 aromatic heterocycles. The van der Waals surface area contributed by atoms with Crippen LogP contribution >= 0.6 is 0 Å². The third-order valence-corrected chi connectivity index (χ3v) is 4.95. The molecule has 0 radical (unpaired) electrons. The van der Waals surface area contributed by atoms with Crippen molar-refractivity contribution in [3.05, 3.63) is 72.8 Å². The number of piperazine rings is 1. The summed E-state index contributed by atoms with van der Waals surface area (Å²) >= 11 is 0. The van der Waals surface area contributed by atoms with E-state index in [9.17, 15) is 9.18 Å². The van der Waals surface area contributed by atoms with Crippen molar-refractivity contribution in [3.63, 3.8) is 0 Å². The Balaban J connectivity index is 0.00000167. The van der Waals surface area contributed by atoms with Crippen LogP contribution in [0, 0.1) is 5.95 Å². The van der Waals surface area contributed by atoms with Gasteiger partial charge in [0.25, 0.3) is 5.91 Å². The van der Waals surface area contributed by atoms with Crippen LogP contribution < -0.4 is 20.9 Å². The Labute approximate surface area is 203 Å². The number of anilines is 3. The molecule has 4 rings (SSSR count). The number of rotatable bonds is 6. The Morgan fingerprint density at radius 3 is 2.37 bits per heavy atom. The van der Waals surface area contributed by atoms with Crippen LogP contribution in [0.1, 0.15) is 24.2 Å². The highest BCUT2D eigenvalue weighted by atomic mass is 19.1. The van der Waals surface area contributed by atoms with Crippen molar-refractivity contribution in [1.82, 2.24) is 19.9 Å². The first-order valence-electron chi connectivity index (χ1n) is 11.2. The minimum absolute atomic E-state index is 0.325. The molecule has 4 heterocycles. The molecule has 1 aliphatic rings. The number of hydrogen-bond acceptors (Lipinski definition) is 9. The van der Waals surface area contributed by atoms with Crippen molar-refractivity contribution in [2.24, 2.45) is 10.7 Å². The molecule has 0 aromatic carbocycles. The van der Waals surface area contributed by atoms with Crippen LogP contribution in [0.3, 0.4) is 0 Å². The lowest BCUT2D eigenvalue weighted by atomic mass is 10.2. The highest BCUT2D eigenvalue weighted by Gasteiger charge is 2.20. The topological polar surface area (TPSA) is 126 Å². The smallest absolute Gasteiger partial charge is 0.257 e. The van der Waals surface area contributed by atoms with Crippen molar-refractivity contribution >= 4 is 35.3 Å².